The van der Waals surface area contributed by atoms with E-state index in [4.69, 9.17) is 0 Å². The van der Waals surface area contributed by atoms with Gasteiger partial charge in [-0.1, -0.05) is 6.92 Å². The van der Waals surface area contributed by atoms with Crippen molar-refractivity contribution in [2.45, 2.75) is 49.8 Å². The third kappa shape index (κ3) is 3.38. The summed E-state index contributed by atoms with van der Waals surface area (Å²) >= 11 is 2.09. The van der Waals surface area contributed by atoms with Crippen LogP contribution in [0.4, 0.5) is 0 Å². The van der Waals surface area contributed by atoms with E-state index in [1.165, 1.54) is 58.3 Å². The lowest BCUT2D eigenvalue weighted by molar-refractivity contribution is 0.189. The third-order valence-electron chi connectivity index (χ3n) is 3.94. The molecule has 2 fully saturated rings. The number of rotatable bonds is 6. The average Bonchev–Trinajstić information content (AvgIpc) is 3.07. The van der Waals surface area contributed by atoms with Gasteiger partial charge in [-0.25, -0.2) is 0 Å². The molecule has 16 heavy (non-hydrogen) atoms. The van der Waals surface area contributed by atoms with Crippen LogP contribution in [0.5, 0.6) is 0 Å². The molecule has 2 aliphatic rings. The first-order valence-corrected chi connectivity index (χ1v) is 8.01. The number of piperidine rings is 1. The molecule has 1 atom stereocenters. The molecular weight excluding hydrogens is 216 g/mol. The van der Waals surface area contributed by atoms with Crippen LogP contribution in [0.1, 0.15) is 39.0 Å². The molecule has 3 heteroatoms. The number of likely N-dealkylation sites (tertiary alicyclic amines) is 1. The van der Waals surface area contributed by atoms with E-state index in [-0.39, 0.29) is 0 Å². The minimum Gasteiger partial charge on any atom is -0.313 e. The van der Waals surface area contributed by atoms with E-state index in [1.807, 2.05) is 0 Å². The van der Waals surface area contributed by atoms with Gasteiger partial charge in [-0.15, -0.1) is 0 Å². The van der Waals surface area contributed by atoms with Gasteiger partial charge in [0.15, 0.2) is 0 Å². The van der Waals surface area contributed by atoms with Gasteiger partial charge < -0.3 is 10.2 Å². The molecule has 1 heterocycles. The summed E-state index contributed by atoms with van der Waals surface area (Å²) in [6.07, 6.45) is 9.18. The molecule has 0 radical (unpaired) electrons. The van der Waals surface area contributed by atoms with E-state index in [0.717, 1.165) is 6.04 Å². The van der Waals surface area contributed by atoms with Crippen LogP contribution in [0.3, 0.4) is 0 Å². The van der Waals surface area contributed by atoms with Crippen molar-refractivity contribution in [2.24, 2.45) is 0 Å². The lowest BCUT2D eigenvalue weighted by Crippen LogP contribution is -2.48. The molecular formula is C13H26N2S. The van der Waals surface area contributed by atoms with E-state index in [9.17, 15) is 0 Å². The van der Waals surface area contributed by atoms with Crippen LogP contribution in [0.2, 0.25) is 0 Å². The Morgan fingerprint density at radius 3 is 2.88 bits per heavy atom. The highest BCUT2D eigenvalue weighted by Crippen LogP contribution is 2.47. The predicted octanol–water partition coefficient (Wildman–Crippen LogP) is 2.35. The summed E-state index contributed by atoms with van der Waals surface area (Å²) in [4.78, 5) is 2.69. The van der Waals surface area contributed by atoms with Crippen LogP contribution < -0.4 is 5.32 Å². The minimum atomic E-state index is 0.645. The topological polar surface area (TPSA) is 15.3 Å². The lowest BCUT2D eigenvalue weighted by atomic mass is 10.1. The summed E-state index contributed by atoms with van der Waals surface area (Å²) in [7, 11) is 0. The Labute approximate surface area is 105 Å². The Bertz CT molecular complexity index is 216. The highest BCUT2D eigenvalue weighted by atomic mass is 32.2. The third-order valence-corrected chi connectivity index (χ3v) is 5.34. The zero-order valence-electron chi connectivity index (χ0n) is 10.8. The quantitative estimate of drug-likeness (QED) is 0.770. The van der Waals surface area contributed by atoms with Gasteiger partial charge in [-0.2, -0.15) is 11.8 Å². The molecule has 1 aliphatic heterocycles. The monoisotopic (exact) mass is 242 g/mol. The molecule has 0 aromatic rings. The molecule has 1 aliphatic carbocycles. The number of hydrogen-bond donors (Lipinski definition) is 1. The van der Waals surface area contributed by atoms with E-state index >= 15 is 0 Å². The molecule has 94 valence electrons. The van der Waals surface area contributed by atoms with Crippen LogP contribution in [0.25, 0.3) is 0 Å². The van der Waals surface area contributed by atoms with Crippen LogP contribution in [0.15, 0.2) is 0 Å². The fourth-order valence-electron chi connectivity index (χ4n) is 2.69. The van der Waals surface area contributed by atoms with Crippen molar-refractivity contribution in [3.63, 3.8) is 0 Å². The lowest BCUT2D eigenvalue weighted by Gasteiger charge is -2.35. The molecule has 1 unspecified atom stereocenters. The Kier molecular flexibility index (Phi) is 4.57. The summed E-state index contributed by atoms with van der Waals surface area (Å²) in [5.41, 5.74) is 0. The maximum absolute atomic E-state index is 3.68. The van der Waals surface area contributed by atoms with E-state index < -0.39 is 0 Å². The van der Waals surface area contributed by atoms with Gasteiger partial charge in [0.05, 0.1) is 0 Å². The molecule has 2 rings (SSSR count). The average molecular weight is 242 g/mol. The fraction of sp³-hybridized carbons (Fsp3) is 1.00. The fourth-order valence-corrected chi connectivity index (χ4v) is 3.51. The zero-order valence-corrected chi connectivity index (χ0v) is 11.6. The second-order valence-electron chi connectivity index (χ2n) is 5.42. The second-order valence-corrected chi connectivity index (χ2v) is 6.69. The Morgan fingerprint density at radius 1 is 1.44 bits per heavy atom. The number of nitrogens with zero attached hydrogens (tertiary/aromatic N) is 1. The van der Waals surface area contributed by atoms with Gasteiger partial charge in [0, 0.05) is 23.9 Å². The summed E-state index contributed by atoms with van der Waals surface area (Å²) in [5.74, 6) is 0. The van der Waals surface area contributed by atoms with Crippen LogP contribution in [0, 0.1) is 0 Å². The van der Waals surface area contributed by atoms with Crippen molar-refractivity contribution < 1.29 is 0 Å². The van der Waals surface area contributed by atoms with Crippen LogP contribution in [-0.2, 0) is 0 Å². The molecule has 1 saturated carbocycles. The minimum absolute atomic E-state index is 0.645. The Hall–Kier alpha value is 0.270. The summed E-state index contributed by atoms with van der Waals surface area (Å²) < 4.78 is 0.645. The molecule has 0 amide bonds. The first-order valence-electron chi connectivity index (χ1n) is 6.79. The molecule has 0 bridgehead atoms. The van der Waals surface area contributed by atoms with Gasteiger partial charge in [0.1, 0.15) is 0 Å². The second kappa shape index (κ2) is 5.74. The predicted molar refractivity (Wildman–Crippen MR) is 73.2 cm³/mol. The van der Waals surface area contributed by atoms with Crippen molar-refractivity contribution in [2.75, 3.05) is 32.4 Å². The van der Waals surface area contributed by atoms with E-state index in [1.54, 1.807) is 0 Å². The number of hydrogen-bond acceptors (Lipinski definition) is 3. The van der Waals surface area contributed by atoms with E-state index in [0.29, 0.717) is 4.75 Å². The summed E-state index contributed by atoms with van der Waals surface area (Å²) in [5, 5.41) is 3.68. The molecule has 0 aromatic heterocycles. The highest BCUT2D eigenvalue weighted by Gasteiger charge is 2.43. The van der Waals surface area contributed by atoms with Crippen LogP contribution >= 0.6 is 11.8 Å². The Balaban J connectivity index is 1.73. The summed E-state index contributed by atoms with van der Waals surface area (Å²) in [6, 6.07) is 0.756. The first kappa shape index (κ1) is 12.7. The standard InChI is InChI=1S/C13H26N2S/c1-3-8-14-12-5-4-9-15(10-12)11-13(16-2)6-7-13/h12,14H,3-11H2,1-2H3. The number of thioether (sulfide) groups is 1. The zero-order chi connectivity index (χ0) is 11.4. The molecule has 1 saturated heterocycles. The normalized spacial score (nSPS) is 29.2. The Morgan fingerprint density at radius 2 is 2.25 bits per heavy atom. The van der Waals surface area contributed by atoms with Gasteiger partial charge in [0.25, 0.3) is 0 Å². The smallest absolute Gasteiger partial charge is 0.0285 e. The highest BCUT2D eigenvalue weighted by molar-refractivity contribution is 8.00. The molecule has 2 nitrogen and oxygen atoms in total. The maximum atomic E-state index is 3.68. The van der Waals surface area contributed by atoms with Crippen molar-refractivity contribution in [1.29, 1.82) is 0 Å². The maximum Gasteiger partial charge on any atom is 0.0285 e. The van der Waals surface area contributed by atoms with Gasteiger partial charge in [-0.05, 0) is 51.4 Å². The van der Waals surface area contributed by atoms with Crippen molar-refractivity contribution >= 4 is 11.8 Å². The molecule has 1 N–H and O–H groups in total. The van der Waals surface area contributed by atoms with Gasteiger partial charge in [0.2, 0.25) is 0 Å². The van der Waals surface area contributed by atoms with E-state index in [2.05, 4.69) is 35.2 Å². The first-order chi connectivity index (χ1) is 7.78. The number of nitrogens with one attached hydrogen (secondary N) is 1. The van der Waals surface area contributed by atoms with Crippen molar-refractivity contribution in [3.05, 3.63) is 0 Å². The van der Waals surface area contributed by atoms with Gasteiger partial charge in [-0.3, -0.25) is 0 Å². The van der Waals surface area contributed by atoms with Crippen LogP contribution in [-0.4, -0.2) is 48.1 Å². The molecule has 0 aromatic carbocycles. The van der Waals surface area contributed by atoms with Crippen molar-refractivity contribution in [3.8, 4) is 0 Å². The largest absolute Gasteiger partial charge is 0.313 e. The SMILES string of the molecule is CCCNC1CCCN(CC2(SC)CC2)C1. The summed E-state index contributed by atoms with van der Waals surface area (Å²) in [6.45, 7) is 7.38. The van der Waals surface area contributed by atoms with Gasteiger partial charge >= 0.3 is 0 Å². The molecule has 0 spiro atoms. The van der Waals surface area contributed by atoms with Crippen molar-refractivity contribution in [1.82, 2.24) is 10.2 Å².